The maximum atomic E-state index is 4.45. The fourth-order valence-electron chi connectivity index (χ4n) is 4.65. The monoisotopic (exact) mass is 526 g/mol. The summed E-state index contributed by atoms with van der Waals surface area (Å²) in [5.41, 5.74) is 1.09. The number of guanidine groups is 1. The predicted octanol–water partition coefficient (Wildman–Crippen LogP) is 1.96. The van der Waals surface area contributed by atoms with Crippen LogP contribution in [0.25, 0.3) is 5.65 Å². The first-order valence-electron chi connectivity index (χ1n) is 10.9. The largest absolute Gasteiger partial charge is 0.355 e. The van der Waals surface area contributed by atoms with E-state index in [9.17, 15) is 0 Å². The summed E-state index contributed by atoms with van der Waals surface area (Å²) in [5.74, 6) is 1.71. The van der Waals surface area contributed by atoms with Crippen LogP contribution in [-0.4, -0.2) is 82.7 Å². The SMILES string of the molecule is CN=C(NCc1nnc2ccccn12)NCC1(N2CCCCC2)CCN(C)CC1.I. The maximum Gasteiger partial charge on any atom is 0.191 e. The second kappa shape index (κ2) is 10.7. The molecule has 0 spiro atoms. The van der Waals surface area contributed by atoms with Crippen LogP contribution in [0.3, 0.4) is 0 Å². The molecular formula is C21H35IN8. The smallest absolute Gasteiger partial charge is 0.191 e. The van der Waals surface area contributed by atoms with Crippen LogP contribution in [-0.2, 0) is 6.54 Å². The molecule has 2 saturated heterocycles. The molecule has 2 N–H and O–H groups in total. The van der Waals surface area contributed by atoms with Gasteiger partial charge in [0.25, 0.3) is 0 Å². The van der Waals surface area contributed by atoms with Crippen LogP contribution in [0.1, 0.15) is 37.9 Å². The van der Waals surface area contributed by atoms with Crippen molar-refractivity contribution in [3.63, 3.8) is 0 Å². The highest BCUT2D eigenvalue weighted by molar-refractivity contribution is 14.0. The molecule has 2 fully saturated rings. The molecule has 2 aliphatic rings. The topological polar surface area (TPSA) is 73.1 Å². The highest BCUT2D eigenvalue weighted by atomic mass is 127. The average molecular weight is 526 g/mol. The number of likely N-dealkylation sites (tertiary alicyclic amines) is 2. The number of rotatable bonds is 5. The van der Waals surface area contributed by atoms with Crippen molar-refractivity contribution in [2.75, 3.05) is 46.8 Å². The first-order chi connectivity index (χ1) is 14.2. The molecular weight excluding hydrogens is 491 g/mol. The Kier molecular flexibility index (Phi) is 8.29. The third kappa shape index (κ3) is 5.23. The molecule has 0 atom stereocenters. The molecule has 8 nitrogen and oxygen atoms in total. The second-order valence-corrected chi connectivity index (χ2v) is 8.40. The Bertz CT molecular complexity index is 821. The molecule has 9 heteroatoms. The molecule has 0 aromatic carbocycles. The van der Waals surface area contributed by atoms with Crippen LogP contribution in [0.2, 0.25) is 0 Å². The van der Waals surface area contributed by atoms with E-state index in [1.54, 1.807) is 0 Å². The van der Waals surface area contributed by atoms with Gasteiger partial charge < -0.3 is 15.5 Å². The van der Waals surface area contributed by atoms with Gasteiger partial charge in [-0.05, 0) is 71.0 Å². The van der Waals surface area contributed by atoms with Gasteiger partial charge in [-0.3, -0.25) is 14.3 Å². The van der Waals surface area contributed by atoms with E-state index in [1.165, 1.54) is 45.2 Å². The van der Waals surface area contributed by atoms with Crippen molar-refractivity contribution in [3.05, 3.63) is 30.2 Å². The maximum absolute atomic E-state index is 4.45. The Labute approximate surface area is 196 Å². The van der Waals surface area contributed by atoms with Gasteiger partial charge in [0.2, 0.25) is 0 Å². The lowest BCUT2D eigenvalue weighted by molar-refractivity contribution is 0.0173. The van der Waals surface area contributed by atoms with Crippen molar-refractivity contribution in [1.82, 2.24) is 35.0 Å². The van der Waals surface area contributed by atoms with Crippen LogP contribution >= 0.6 is 24.0 Å². The van der Waals surface area contributed by atoms with Gasteiger partial charge in [-0.1, -0.05) is 12.5 Å². The zero-order valence-electron chi connectivity index (χ0n) is 18.2. The van der Waals surface area contributed by atoms with Crippen molar-refractivity contribution in [2.45, 2.75) is 44.2 Å². The number of nitrogens with one attached hydrogen (secondary N) is 2. The highest BCUT2D eigenvalue weighted by Crippen LogP contribution is 2.30. The fraction of sp³-hybridized carbons (Fsp3) is 0.667. The number of aromatic nitrogens is 3. The summed E-state index contributed by atoms with van der Waals surface area (Å²) in [6, 6.07) is 5.94. The van der Waals surface area contributed by atoms with Crippen LogP contribution in [0, 0.1) is 0 Å². The highest BCUT2D eigenvalue weighted by Gasteiger charge is 2.39. The fourth-order valence-corrected chi connectivity index (χ4v) is 4.65. The molecule has 2 aliphatic heterocycles. The normalized spacial score (nSPS) is 20.7. The number of hydrogen-bond donors (Lipinski definition) is 2. The van der Waals surface area contributed by atoms with Gasteiger partial charge in [-0.15, -0.1) is 34.2 Å². The number of halogens is 1. The minimum Gasteiger partial charge on any atom is -0.355 e. The molecule has 0 saturated carbocycles. The van der Waals surface area contributed by atoms with Crippen LogP contribution in [0.15, 0.2) is 29.4 Å². The average Bonchev–Trinajstić information content (AvgIpc) is 3.19. The molecule has 0 unspecified atom stereocenters. The Balaban J connectivity index is 0.00000256. The minimum atomic E-state index is 0. The van der Waals surface area contributed by atoms with Gasteiger partial charge in [-0.25, -0.2) is 0 Å². The Morgan fingerprint density at radius 1 is 1.07 bits per heavy atom. The van der Waals surface area contributed by atoms with Gasteiger partial charge >= 0.3 is 0 Å². The van der Waals surface area contributed by atoms with Crippen molar-refractivity contribution in [3.8, 4) is 0 Å². The number of aliphatic imine (C=N–C) groups is 1. The molecule has 0 radical (unpaired) electrons. The van der Waals surface area contributed by atoms with Crippen LogP contribution in [0.4, 0.5) is 0 Å². The Morgan fingerprint density at radius 2 is 1.83 bits per heavy atom. The van der Waals surface area contributed by atoms with E-state index >= 15 is 0 Å². The Morgan fingerprint density at radius 3 is 2.57 bits per heavy atom. The number of pyridine rings is 1. The lowest BCUT2D eigenvalue weighted by Crippen LogP contribution is -2.62. The first kappa shape index (κ1) is 23.2. The number of piperidine rings is 2. The third-order valence-corrected chi connectivity index (χ3v) is 6.55. The van der Waals surface area contributed by atoms with Crippen molar-refractivity contribution in [1.29, 1.82) is 0 Å². The van der Waals surface area contributed by atoms with Gasteiger partial charge in [0.1, 0.15) is 0 Å². The number of hydrogen-bond acceptors (Lipinski definition) is 5. The van der Waals surface area contributed by atoms with Crippen molar-refractivity contribution >= 4 is 35.6 Å². The van der Waals surface area contributed by atoms with Gasteiger partial charge in [0.15, 0.2) is 17.4 Å². The van der Waals surface area contributed by atoms with Crippen LogP contribution < -0.4 is 10.6 Å². The van der Waals surface area contributed by atoms with Crippen molar-refractivity contribution < 1.29 is 0 Å². The summed E-state index contributed by atoms with van der Waals surface area (Å²) in [5, 5.41) is 15.6. The molecule has 4 heterocycles. The summed E-state index contributed by atoms with van der Waals surface area (Å²) >= 11 is 0. The molecule has 2 aromatic heterocycles. The standard InChI is InChI=1S/C21H34N8.HI/c1-22-20(23-16-19-26-25-18-8-4-7-13-29(18)19)24-17-21(9-14-27(2)15-10-21)28-11-5-3-6-12-28;/h4,7-8,13H,3,5-6,9-12,14-17H2,1-2H3,(H2,22,23,24);1H. The molecule has 4 rings (SSSR count). The molecule has 0 bridgehead atoms. The van der Waals surface area contributed by atoms with E-state index in [0.717, 1.165) is 37.1 Å². The summed E-state index contributed by atoms with van der Waals surface area (Å²) in [6.45, 7) is 6.30. The summed E-state index contributed by atoms with van der Waals surface area (Å²) in [7, 11) is 4.07. The Hall–Kier alpha value is -1.46. The van der Waals surface area contributed by atoms with E-state index in [-0.39, 0.29) is 29.5 Å². The summed E-state index contributed by atoms with van der Waals surface area (Å²) in [4.78, 5) is 9.65. The van der Waals surface area contributed by atoms with E-state index in [0.29, 0.717) is 6.54 Å². The van der Waals surface area contributed by atoms with Gasteiger partial charge in [0, 0.05) is 25.3 Å². The van der Waals surface area contributed by atoms with E-state index < -0.39 is 0 Å². The van der Waals surface area contributed by atoms with Gasteiger partial charge in [-0.2, -0.15) is 0 Å². The van der Waals surface area contributed by atoms with E-state index in [4.69, 9.17) is 0 Å². The second-order valence-electron chi connectivity index (χ2n) is 8.40. The number of fused-ring (bicyclic) bond motifs is 1. The summed E-state index contributed by atoms with van der Waals surface area (Å²) < 4.78 is 2.01. The number of nitrogens with zero attached hydrogens (tertiary/aromatic N) is 6. The molecule has 166 valence electrons. The zero-order chi connectivity index (χ0) is 20.1. The zero-order valence-corrected chi connectivity index (χ0v) is 20.5. The lowest BCUT2D eigenvalue weighted by Gasteiger charge is -2.50. The molecule has 2 aromatic rings. The van der Waals surface area contributed by atoms with Gasteiger partial charge in [0.05, 0.1) is 6.54 Å². The van der Waals surface area contributed by atoms with Crippen molar-refractivity contribution in [2.24, 2.45) is 4.99 Å². The predicted molar refractivity (Wildman–Crippen MR) is 131 cm³/mol. The molecule has 30 heavy (non-hydrogen) atoms. The first-order valence-corrected chi connectivity index (χ1v) is 10.9. The van der Waals surface area contributed by atoms with Crippen LogP contribution in [0.5, 0.6) is 0 Å². The lowest BCUT2D eigenvalue weighted by atomic mass is 9.84. The quantitative estimate of drug-likeness (QED) is 0.353. The summed E-state index contributed by atoms with van der Waals surface area (Å²) in [6.07, 6.45) is 8.43. The molecule has 0 aliphatic carbocycles. The van der Waals surface area contributed by atoms with E-state index in [2.05, 4.69) is 42.7 Å². The van der Waals surface area contributed by atoms with E-state index in [1.807, 2.05) is 35.8 Å². The molecule has 0 amide bonds. The third-order valence-electron chi connectivity index (χ3n) is 6.55. The minimum absolute atomic E-state index is 0.